The predicted molar refractivity (Wildman–Crippen MR) is 133 cm³/mol. The molecule has 0 radical (unpaired) electrons. The van der Waals surface area contributed by atoms with Crippen LogP contribution in [0.5, 0.6) is 0 Å². The Kier molecular flexibility index (Phi) is 6.54. The molecule has 39 heavy (non-hydrogen) atoms. The smallest absolute Gasteiger partial charge is 0.325 e. The third kappa shape index (κ3) is 5.17. The topological polar surface area (TPSA) is 115 Å². The summed E-state index contributed by atoms with van der Waals surface area (Å²) in [5, 5.41) is 13.6. The molecule has 3 aromatic heterocycles. The van der Waals surface area contributed by atoms with E-state index in [1.54, 1.807) is 17.8 Å². The Morgan fingerprint density at radius 1 is 1.13 bits per heavy atom. The van der Waals surface area contributed by atoms with E-state index in [0.717, 1.165) is 28.8 Å². The van der Waals surface area contributed by atoms with Crippen LogP contribution in [-0.4, -0.2) is 40.0 Å². The lowest BCUT2D eigenvalue weighted by molar-refractivity contribution is -0.137. The third-order valence-electron chi connectivity index (χ3n) is 6.26. The Labute approximate surface area is 217 Å². The van der Waals surface area contributed by atoms with Crippen LogP contribution in [0.4, 0.5) is 23.2 Å². The molecule has 0 aliphatic heterocycles. The molecule has 0 unspecified atom stereocenters. The fourth-order valence-corrected chi connectivity index (χ4v) is 4.42. The highest BCUT2D eigenvalue weighted by Gasteiger charge is 2.33. The van der Waals surface area contributed by atoms with E-state index in [-0.39, 0.29) is 22.3 Å². The van der Waals surface area contributed by atoms with Crippen molar-refractivity contribution in [3.05, 3.63) is 82.3 Å². The molecular weight excluding hydrogens is 520 g/mol. The maximum atomic E-state index is 14.0. The molecule has 5 aromatic rings. The molecule has 0 saturated heterocycles. The van der Waals surface area contributed by atoms with Crippen molar-refractivity contribution in [1.82, 2.24) is 34.1 Å². The number of halogens is 4. The van der Waals surface area contributed by atoms with E-state index in [4.69, 9.17) is 0 Å². The molecule has 2 N–H and O–H groups in total. The number of fused-ring (bicyclic) bond motifs is 1. The predicted octanol–water partition coefficient (Wildman–Crippen LogP) is 3.67. The molecule has 14 heteroatoms. The first kappa shape index (κ1) is 25.9. The Morgan fingerprint density at radius 3 is 2.54 bits per heavy atom. The number of hydrogen-bond acceptors (Lipinski definition) is 5. The maximum Gasteiger partial charge on any atom is 0.416 e. The number of hydrogen-bond donors (Lipinski definition) is 2. The lowest BCUT2D eigenvalue weighted by atomic mass is 10.0. The van der Waals surface area contributed by atoms with Gasteiger partial charge >= 0.3 is 11.9 Å². The van der Waals surface area contributed by atoms with Gasteiger partial charge in [-0.2, -0.15) is 23.4 Å². The number of carbonyl (C=O) groups is 1. The van der Waals surface area contributed by atoms with Gasteiger partial charge in [0.15, 0.2) is 5.82 Å². The van der Waals surface area contributed by atoms with E-state index in [2.05, 4.69) is 25.6 Å². The number of nitrogens with zero attached hydrogens (tertiary/aromatic N) is 6. The van der Waals surface area contributed by atoms with Crippen LogP contribution in [0.15, 0.2) is 53.7 Å². The van der Waals surface area contributed by atoms with Crippen LogP contribution in [0, 0.1) is 12.7 Å². The SMILES string of the molecule is Cc1nn(CCc2nc[nH]n2)cc1-c1cc(C(F)(F)F)cc2c1n(C)c(=O)n2CC(=O)Nc1ccc(F)cc1. The monoisotopic (exact) mass is 542 g/mol. The summed E-state index contributed by atoms with van der Waals surface area (Å²) in [5.41, 5.74) is -0.193. The zero-order valence-electron chi connectivity index (χ0n) is 20.8. The number of rotatable bonds is 7. The normalized spacial score (nSPS) is 11.8. The fraction of sp³-hybridized carbons (Fsp3) is 0.240. The molecule has 0 saturated carbocycles. The molecule has 0 aliphatic rings. The largest absolute Gasteiger partial charge is 0.416 e. The number of carbonyl (C=O) groups excluding carboxylic acids is 1. The van der Waals surface area contributed by atoms with Crippen molar-refractivity contribution >= 4 is 22.6 Å². The van der Waals surface area contributed by atoms with E-state index in [0.29, 0.717) is 30.0 Å². The average Bonchev–Trinajstić information content (AvgIpc) is 3.59. The van der Waals surface area contributed by atoms with Crippen molar-refractivity contribution in [1.29, 1.82) is 0 Å². The Morgan fingerprint density at radius 2 is 1.87 bits per heavy atom. The number of imidazole rings is 1. The van der Waals surface area contributed by atoms with Crippen LogP contribution in [0.3, 0.4) is 0 Å². The minimum Gasteiger partial charge on any atom is -0.325 e. The summed E-state index contributed by atoms with van der Waals surface area (Å²) in [5.74, 6) is -0.599. The first-order valence-electron chi connectivity index (χ1n) is 11.8. The van der Waals surface area contributed by atoms with Gasteiger partial charge in [-0.25, -0.2) is 14.2 Å². The first-order valence-corrected chi connectivity index (χ1v) is 11.8. The number of aryl methyl sites for hydroxylation is 4. The molecule has 10 nitrogen and oxygen atoms in total. The highest BCUT2D eigenvalue weighted by molar-refractivity contribution is 5.96. The Hall–Kier alpha value is -4.75. The lowest BCUT2D eigenvalue weighted by Gasteiger charge is -2.12. The highest BCUT2D eigenvalue weighted by Crippen LogP contribution is 2.38. The summed E-state index contributed by atoms with van der Waals surface area (Å²) in [4.78, 5) is 29.9. The summed E-state index contributed by atoms with van der Waals surface area (Å²) in [6, 6.07) is 6.80. The first-order chi connectivity index (χ1) is 18.5. The number of nitrogens with one attached hydrogen (secondary N) is 2. The van der Waals surface area contributed by atoms with Gasteiger partial charge in [-0.05, 0) is 43.3 Å². The van der Waals surface area contributed by atoms with E-state index in [1.165, 1.54) is 30.1 Å². The zero-order valence-corrected chi connectivity index (χ0v) is 20.8. The molecule has 202 valence electrons. The molecule has 1 amide bonds. The van der Waals surface area contributed by atoms with E-state index in [9.17, 15) is 27.2 Å². The second-order valence-electron chi connectivity index (χ2n) is 8.93. The van der Waals surface area contributed by atoms with Gasteiger partial charge in [-0.1, -0.05) is 0 Å². The summed E-state index contributed by atoms with van der Waals surface area (Å²) in [6.07, 6.45) is -1.22. The van der Waals surface area contributed by atoms with Gasteiger partial charge < -0.3 is 5.32 Å². The van der Waals surface area contributed by atoms with Gasteiger partial charge in [-0.3, -0.25) is 23.7 Å². The molecular formula is C25H22F4N8O2. The van der Waals surface area contributed by atoms with Crippen molar-refractivity contribution in [3.8, 4) is 11.1 Å². The van der Waals surface area contributed by atoms with Gasteiger partial charge in [0.25, 0.3) is 0 Å². The fourth-order valence-electron chi connectivity index (χ4n) is 4.42. The molecule has 2 aromatic carbocycles. The van der Waals surface area contributed by atoms with Crippen LogP contribution < -0.4 is 11.0 Å². The molecule has 0 spiro atoms. The number of alkyl halides is 3. The second-order valence-corrected chi connectivity index (χ2v) is 8.93. The van der Waals surface area contributed by atoms with Crippen molar-refractivity contribution in [3.63, 3.8) is 0 Å². The van der Waals surface area contributed by atoms with Crippen LogP contribution in [0.25, 0.3) is 22.2 Å². The summed E-state index contributed by atoms with van der Waals surface area (Å²) >= 11 is 0. The van der Waals surface area contributed by atoms with Crippen LogP contribution in [-0.2, 0) is 37.5 Å². The maximum absolute atomic E-state index is 14.0. The van der Waals surface area contributed by atoms with Crippen molar-refractivity contribution < 1.29 is 22.4 Å². The van der Waals surface area contributed by atoms with Crippen molar-refractivity contribution in [2.45, 2.75) is 32.6 Å². The number of anilines is 1. The van der Waals surface area contributed by atoms with Gasteiger partial charge in [0.05, 0.1) is 22.3 Å². The molecule has 3 heterocycles. The molecule has 0 fully saturated rings. The van der Waals surface area contributed by atoms with Gasteiger partial charge in [-0.15, -0.1) is 0 Å². The number of benzene rings is 2. The molecule has 0 atom stereocenters. The second kappa shape index (κ2) is 9.85. The van der Waals surface area contributed by atoms with Crippen LogP contribution >= 0.6 is 0 Å². The van der Waals surface area contributed by atoms with E-state index in [1.807, 2.05) is 0 Å². The summed E-state index contributed by atoms with van der Waals surface area (Å²) in [6.45, 7) is 1.49. The lowest BCUT2D eigenvalue weighted by Crippen LogP contribution is -2.28. The van der Waals surface area contributed by atoms with Crippen LogP contribution in [0.1, 0.15) is 17.1 Å². The van der Waals surface area contributed by atoms with Crippen molar-refractivity contribution in [2.24, 2.45) is 7.05 Å². The van der Waals surface area contributed by atoms with Crippen LogP contribution in [0.2, 0.25) is 0 Å². The minimum absolute atomic E-state index is 0.0607. The van der Waals surface area contributed by atoms with E-state index < -0.39 is 35.7 Å². The van der Waals surface area contributed by atoms with Gasteiger partial charge in [0, 0.05) is 43.0 Å². The van der Waals surface area contributed by atoms with Crippen molar-refractivity contribution in [2.75, 3.05) is 5.32 Å². The summed E-state index contributed by atoms with van der Waals surface area (Å²) < 4.78 is 58.9. The average molecular weight is 542 g/mol. The number of aromatic amines is 1. The standard InChI is InChI=1S/C25H22F4N8O2/c1-14-19(11-36(34-14)8-7-21-30-13-31-33-21)18-9-15(25(27,28)29)10-20-23(18)35(2)24(39)37(20)12-22(38)32-17-5-3-16(26)4-6-17/h3-6,9-11,13H,7-8,12H2,1-2H3,(H,32,38)(H,30,31,33). The third-order valence-corrected chi connectivity index (χ3v) is 6.26. The Balaban J connectivity index is 1.57. The quantitative estimate of drug-likeness (QED) is 0.305. The molecule has 5 rings (SSSR count). The number of amides is 1. The highest BCUT2D eigenvalue weighted by atomic mass is 19.4. The zero-order chi connectivity index (χ0) is 27.9. The molecule has 0 bridgehead atoms. The minimum atomic E-state index is -4.72. The molecule has 0 aliphatic carbocycles. The number of H-pyrrole nitrogens is 1. The van der Waals surface area contributed by atoms with Gasteiger partial charge in [0.1, 0.15) is 18.7 Å². The summed E-state index contributed by atoms with van der Waals surface area (Å²) in [7, 11) is 1.43. The van der Waals surface area contributed by atoms with Gasteiger partial charge in [0.2, 0.25) is 5.91 Å². The Bertz CT molecular complexity index is 1710. The number of aromatic nitrogens is 7. The van der Waals surface area contributed by atoms with E-state index >= 15 is 0 Å².